The van der Waals surface area contributed by atoms with Crippen molar-refractivity contribution < 1.29 is 0 Å². The minimum atomic E-state index is -0.192. The SMILES string of the molecule is CCCCn1c(SCc2nc3sc4c(c3c(=O)[nH]2)CC[C@H](C)C4)n[nH]c1=O. The van der Waals surface area contributed by atoms with Gasteiger partial charge in [0.1, 0.15) is 10.7 Å². The van der Waals surface area contributed by atoms with Crippen LogP contribution in [-0.2, 0) is 25.1 Å². The number of aryl methyl sites for hydroxylation is 1. The number of hydrogen-bond acceptors (Lipinski definition) is 6. The summed E-state index contributed by atoms with van der Waals surface area (Å²) in [6.07, 6.45) is 5.07. The van der Waals surface area contributed by atoms with Gasteiger partial charge in [-0.25, -0.2) is 14.9 Å². The molecule has 0 aromatic carbocycles. The van der Waals surface area contributed by atoms with Crippen molar-refractivity contribution in [3.8, 4) is 0 Å². The molecule has 0 aliphatic heterocycles. The number of nitrogens with one attached hydrogen (secondary N) is 2. The fourth-order valence-corrected chi connectivity index (χ4v) is 5.77. The van der Waals surface area contributed by atoms with Crippen molar-refractivity contribution in [3.05, 3.63) is 37.1 Å². The first-order valence-electron chi connectivity index (χ1n) is 9.38. The van der Waals surface area contributed by atoms with E-state index < -0.39 is 0 Å². The molecule has 7 nitrogen and oxygen atoms in total. The van der Waals surface area contributed by atoms with Crippen molar-refractivity contribution in [1.82, 2.24) is 24.7 Å². The lowest BCUT2D eigenvalue weighted by Crippen LogP contribution is -2.17. The molecule has 0 bridgehead atoms. The second-order valence-corrected chi connectivity index (χ2v) is 9.18. The van der Waals surface area contributed by atoms with Gasteiger partial charge >= 0.3 is 5.69 Å². The Hall–Kier alpha value is -1.87. The minimum absolute atomic E-state index is 0.0481. The Balaban J connectivity index is 1.59. The first kappa shape index (κ1) is 18.5. The molecule has 1 aliphatic carbocycles. The van der Waals surface area contributed by atoms with E-state index in [1.54, 1.807) is 15.9 Å². The van der Waals surface area contributed by atoms with E-state index in [0.717, 1.165) is 42.3 Å². The minimum Gasteiger partial charge on any atom is -0.309 e. The topological polar surface area (TPSA) is 96.4 Å². The average molecular weight is 406 g/mol. The number of aromatic nitrogens is 5. The highest BCUT2D eigenvalue weighted by Crippen LogP contribution is 2.35. The number of rotatable bonds is 6. The molecular formula is C18H23N5O2S2. The molecule has 9 heteroatoms. The molecule has 3 aromatic heterocycles. The molecule has 0 saturated heterocycles. The van der Waals surface area contributed by atoms with Crippen LogP contribution in [0.5, 0.6) is 0 Å². The van der Waals surface area contributed by atoms with Crippen molar-refractivity contribution in [2.75, 3.05) is 0 Å². The first-order chi connectivity index (χ1) is 13.1. The maximum atomic E-state index is 12.7. The molecule has 3 heterocycles. The third kappa shape index (κ3) is 3.62. The molecule has 3 aromatic rings. The molecule has 0 saturated carbocycles. The zero-order chi connectivity index (χ0) is 19.0. The predicted octanol–water partition coefficient (Wildman–Crippen LogP) is 3.09. The van der Waals surface area contributed by atoms with Crippen LogP contribution in [0.2, 0.25) is 0 Å². The smallest absolute Gasteiger partial charge is 0.309 e. The van der Waals surface area contributed by atoms with Crippen molar-refractivity contribution in [1.29, 1.82) is 0 Å². The van der Waals surface area contributed by atoms with E-state index >= 15 is 0 Å². The monoisotopic (exact) mass is 405 g/mol. The molecule has 0 fully saturated rings. The van der Waals surface area contributed by atoms with E-state index in [2.05, 4.69) is 29.0 Å². The first-order valence-corrected chi connectivity index (χ1v) is 11.2. The van der Waals surface area contributed by atoms with Crippen molar-refractivity contribution in [2.45, 2.75) is 63.4 Å². The van der Waals surface area contributed by atoms with Gasteiger partial charge in [-0.05, 0) is 37.2 Å². The molecule has 4 rings (SSSR count). The molecule has 1 aliphatic rings. The van der Waals surface area contributed by atoms with Crippen LogP contribution in [-0.4, -0.2) is 24.7 Å². The van der Waals surface area contributed by atoms with Crippen LogP contribution in [0.25, 0.3) is 10.2 Å². The highest BCUT2D eigenvalue weighted by molar-refractivity contribution is 7.98. The van der Waals surface area contributed by atoms with Crippen molar-refractivity contribution >= 4 is 33.3 Å². The Morgan fingerprint density at radius 1 is 1.37 bits per heavy atom. The summed E-state index contributed by atoms with van der Waals surface area (Å²) < 4.78 is 1.65. The molecular weight excluding hydrogens is 382 g/mol. The van der Waals surface area contributed by atoms with Gasteiger partial charge in [-0.3, -0.25) is 9.36 Å². The van der Waals surface area contributed by atoms with Gasteiger partial charge in [-0.15, -0.1) is 16.4 Å². The van der Waals surface area contributed by atoms with E-state index in [-0.39, 0.29) is 11.2 Å². The molecule has 0 radical (unpaired) electrons. The van der Waals surface area contributed by atoms with Gasteiger partial charge in [0.05, 0.1) is 11.1 Å². The second-order valence-electron chi connectivity index (χ2n) is 7.15. The van der Waals surface area contributed by atoms with Crippen LogP contribution in [0.4, 0.5) is 0 Å². The Bertz CT molecular complexity index is 1080. The van der Waals surface area contributed by atoms with E-state index in [1.165, 1.54) is 22.2 Å². The summed E-state index contributed by atoms with van der Waals surface area (Å²) in [6.45, 7) is 4.99. The van der Waals surface area contributed by atoms with Gasteiger partial charge in [0.2, 0.25) is 0 Å². The maximum Gasteiger partial charge on any atom is 0.343 e. The average Bonchev–Trinajstić information content (AvgIpc) is 3.17. The third-order valence-corrected chi connectivity index (χ3v) is 7.15. The van der Waals surface area contributed by atoms with Crippen molar-refractivity contribution in [3.63, 3.8) is 0 Å². The molecule has 2 N–H and O–H groups in total. The Labute approximate surface area is 164 Å². The third-order valence-electron chi connectivity index (χ3n) is 5.01. The predicted molar refractivity (Wildman–Crippen MR) is 109 cm³/mol. The highest BCUT2D eigenvalue weighted by Gasteiger charge is 2.23. The zero-order valence-electron chi connectivity index (χ0n) is 15.5. The summed E-state index contributed by atoms with van der Waals surface area (Å²) in [6, 6.07) is 0. The molecule has 27 heavy (non-hydrogen) atoms. The van der Waals surface area contributed by atoms with Crippen LogP contribution >= 0.6 is 23.1 Å². The van der Waals surface area contributed by atoms with Crippen LogP contribution < -0.4 is 11.2 Å². The summed E-state index contributed by atoms with van der Waals surface area (Å²) in [4.78, 5) is 34.3. The number of thiophene rings is 1. The van der Waals surface area contributed by atoms with Crippen LogP contribution in [0.15, 0.2) is 14.7 Å². The molecule has 0 unspecified atom stereocenters. The number of nitrogens with zero attached hydrogens (tertiary/aromatic N) is 3. The van der Waals surface area contributed by atoms with Gasteiger partial charge in [-0.1, -0.05) is 32.0 Å². The largest absolute Gasteiger partial charge is 0.343 e. The molecule has 144 valence electrons. The number of aromatic amines is 2. The lowest BCUT2D eigenvalue weighted by Gasteiger charge is -2.17. The molecule has 0 spiro atoms. The number of thioether (sulfide) groups is 1. The van der Waals surface area contributed by atoms with E-state index in [4.69, 9.17) is 4.98 Å². The second kappa shape index (κ2) is 7.63. The Kier molecular flexibility index (Phi) is 5.23. The van der Waals surface area contributed by atoms with E-state index in [9.17, 15) is 9.59 Å². The fraction of sp³-hybridized carbons (Fsp3) is 0.556. The van der Waals surface area contributed by atoms with Crippen molar-refractivity contribution in [2.24, 2.45) is 5.92 Å². The summed E-state index contributed by atoms with van der Waals surface area (Å²) in [5.74, 6) is 1.77. The zero-order valence-corrected chi connectivity index (χ0v) is 17.1. The lowest BCUT2D eigenvalue weighted by atomic mass is 9.89. The van der Waals surface area contributed by atoms with Gasteiger partial charge in [0, 0.05) is 11.4 Å². The van der Waals surface area contributed by atoms with Crippen LogP contribution in [0, 0.1) is 5.92 Å². The summed E-state index contributed by atoms with van der Waals surface area (Å²) in [5.41, 5.74) is 0.956. The van der Waals surface area contributed by atoms with Gasteiger partial charge in [-0.2, -0.15) is 0 Å². The number of unbranched alkanes of at least 4 members (excludes halogenated alkanes) is 1. The summed E-state index contributed by atoms with van der Waals surface area (Å²) in [7, 11) is 0. The van der Waals surface area contributed by atoms with E-state index in [1.807, 2.05) is 0 Å². The number of hydrogen-bond donors (Lipinski definition) is 2. The number of H-pyrrole nitrogens is 2. The number of fused-ring (bicyclic) bond motifs is 3. The fourth-order valence-electron chi connectivity index (χ4n) is 3.52. The molecule has 1 atom stereocenters. The van der Waals surface area contributed by atoms with Gasteiger partial charge < -0.3 is 4.98 Å². The Morgan fingerprint density at radius 3 is 3.04 bits per heavy atom. The maximum absolute atomic E-state index is 12.7. The Morgan fingerprint density at radius 2 is 2.22 bits per heavy atom. The standard InChI is InChI=1S/C18H23N5O2S2/c1-3-4-7-23-17(25)21-22-18(23)26-9-13-19-15(24)14-11-6-5-10(2)8-12(11)27-16(14)20-13/h10H,3-9H2,1-2H3,(H,21,25)(H,19,20,24)/t10-/m0/s1. The lowest BCUT2D eigenvalue weighted by molar-refractivity contribution is 0.509. The summed E-state index contributed by atoms with van der Waals surface area (Å²) >= 11 is 3.07. The van der Waals surface area contributed by atoms with Gasteiger partial charge in [0.25, 0.3) is 5.56 Å². The summed E-state index contributed by atoms with van der Waals surface area (Å²) in [5, 5.41) is 8.02. The van der Waals surface area contributed by atoms with E-state index in [0.29, 0.717) is 29.2 Å². The van der Waals surface area contributed by atoms with Gasteiger partial charge in [0.15, 0.2) is 5.16 Å². The highest BCUT2D eigenvalue weighted by atomic mass is 32.2. The quantitative estimate of drug-likeness (QED) is 0.614. The molecule has 0 amide bonds. The normalized spacial score (nSPS) is 16.7. The van der Waals surface area contributed by atoms with Crippen LogP contribution in [0.3, 0.4) is 0 Å². The van der Waals surface area contributed by atoms with Crippen LogP contribution in [0.1, 0.15) is 49.4 Å².